The molecule has 4 rings (SSSR count). The molecule has 0 fully saturated rings. The number of aromatic nitrogens is 2. The first-order valence-corrected chi connectivity index (χ1v) is 9.05. The average Bonchev–Trinajstić information content (AvgIpc) is 2.70. The Morgan fingerprint density at radius 3 is 2.57 bits per heavy atom. The zero-order valence-corrected chi connectivity index (χ0v) is 15.7. The number of carbonyl (C=O) groups excluding carboxylic acids is 1. The summed E-state index contributed by atoms with van der Waals surface area (Å²) in [5, 5.41) is 7.33. The van der Waals surface area contributed by atoms with E-state index in [9.17, 15) is 4.79 Å². The van der Waals surface area contributed by atoms with E-state index < -0.39 is 0 Å². The highest BCUT2D eigenvalue weighted by Gasteiger charge is 2.11. The molecule has 2 aromatic carbocycles. The molecule has 5 nitrogen and oxygen atoms in total. The van der Waals surface area contributed by atoms with Crippen molar-refractivity contribution < 1.29 is 4.79 Å². The van der Waals surface area contributed by atoms with Crippen molar-refractivity contribution in [3.63, 3.8) is 0 Å². The number of rotatable bonds is 4. The van der Waals surface area contributed by atoms with Crippen LogP contribution in [-0.2, 0) is 0 Å². The Morgan fingerprint density at radius 2 is 1.71 bits per heavy atom. The lowest BCUT2D eigenvalue weighted by molar-refractivity contribution is 0.102. The quantitative estimate of drug-likeness (QED) is 0.517. The van der Waals surface area contributed by atoms with Crippen molar-refractivity contribution in [3.05, 3.63) is 89.9 Å². The van der Waals surface area contributed by atoms with Crippen molar-refractivity contribution in [3.8, 4) is 0 Å². The van der Waals surface area contributed by atoms with Gasteiger partial charge in [0, 0.05) is 29.2 Å². The SMILES string of the molecule is Cc1ccc(NC(=O)c2cc(Nc3cccc4cccnc34)ccn2)c(C)c1. The molecule has 5 heteroatoms. The van der Waals surface area contributed by atoms with E-state index in [0.29, 0.717) is 5.69 Å². The molecule has 0 atom stereocenters. The Morgan fingerprint density at radius 1 is 0.857 bits per heavy atom. The van der Waals surface area contributed by atoms with Gasteiger partial charge >= 0.3 is 0 Å². The molecule has 4 aromatic rings. The number of nitrogens with one attached hydrogen (secondary N) is 2. The summed E-state index contributed by atoms with van der Waals surface area (Å²) in [5.74, 6) is -0.244. The molecular formula is C23H20N4O. The van der Waals surface area contributed by atoms with Crippen molar-refractivity contribution >= 4 is 33.9 Å². The van der Waals surface area contributed by atoms with Crippen molar-refractivity contribution in [2.45, 2.75) is 13.8 Å². The third-order valence-electron chi connectivity index (χ3n) is 4.53. The Hall–Kier alpha value is -3.73. The minimum Gasteiger partial charge on any atom is -0.354 e. The van der Waals surface area contributed by atoms with Crippen molar-refractivity contribution in [2.75, 3.05) is 10.6 Å². The number of hydrogen-bond donors (Lipinski definition) is 2. The zero-order valence-electron chi connectivity index (χ0n) is 15.7. The third kappa shape index (κ3) is 3.69. The molecule has 0 radical (unpaired) electrons. The van der Waals surface area contributed by atoms with E-state index in [1.54, 1.807) is 18.5 Å². The first-order valence-electron chi connectivity index (χ1n) is 9.05. The lowest BCUT2D eigenvalue weighted by Crippen LogP contribution is -2.14. The van der Waals surface area contributed by atoms with Gasteiger partial charge in [0.15, 0.2) is 0 Å². The van der Waals surface area contributed by atoms with Crippen LogP contribution in [0.5, 0.6) is 0 Å². The first kappa shape index (κ1) is 17.7. The van der Waals surface area contributed by atoms with Gasteiger partial charge in [0.05, 0.1) is 11.2 Å². The van der Waals surface area contributed by atoms with Crippen LogP contribution in [0.15, 0.2) is 73.1 Å². The molecule has 2 N–H and O–H groups in total. The summed E-state index contributed by atoms with van der Waals surface area (Å²) in [5.41, 5.74) is 5.84. The maximum Gasteiger partial charge on any atom is 0.274 e. The molecule has 138 valence electrons. The van der Waals surface area contributed by atoms with Crippen LogP contribution in [0.3, 0.4) is 0 Å². The molecule has 1 amide bonds. The number of pyridine rings is 2. The van der Waals surface area contributed by atoms with Crippen LogP contribution in [0.1, 0.15) is 21.6 Å². The molecule has 28 heavy (non-hydrogen) atoms. The van der Waals surface area contributed by atoms with Gasteiger partial charge in [0.1, 0.15) is 5.69 Å². The molecule has 0 bridgehead atoms. The molecule has 2 heterocycles. The summed E-state index contributed by atoms with van der Waals surface area (Å²) in [4.78, 5) is 21.3. The summed E-state index contributed by atoms with van der Waals surface area (Å²) < 4.78 is 0. The van der Waals surface area contributed by atoms with Crippen molar-refractivity contribution in [1.82, 2.24) is 9.97 Å². The van der Waals surface area contributed by atoms with Gasteiger partial charge in [-0.15, -0.1) is 0 Å². The van der Waals surface area contributed by atoms with Crippen LogP contribution < -0.4 is 10.6 Å². The second-order valence-electron chi connectivity index (χ2n) is 6.71. The van der Waals surface area contributed by atoms with Gasteiger partial charge < -0.3 is 10.6 Å². The van der Waals surface area contributed by atoms with Gasteiger partial charge in [-0.1, -0.05) is 35.9 Å². The van der Waals surface area contributed by atoms with Gasteiger partial charge in [-0.2, -0.15) is 0 Å². The molecule has 0 aliphatic heterocycles. The van der Waals surface area contributed by atoms with Crippen LogP contribution >= 0.6 is 0 Å². The zero-order chi connectivity index (χ0) is 19.5. The molecule has 0 aliphatic rings. The second kappa shape index (κ2) is 7.48. The van der Waals surface area contributed by atoms with Crippen LogP contribution in [-0.4, -0.2) is 15.9 Å². The minimum absolute atomic E-state index is 0.244. The normalized spacial score (nSPS) is 10.6. The van der Waals surface area contributed by atoms with E-state index in [0.717, 1.165) is 39.1 Å². The standard InChI is InChI=1S/C23H20N4O/c1-15-8-9-19(16(2)13-15)27-23(28)21-14-18(10-12-24-21)26-20-7-3-5-17-6-4-11-25-22(17)20/h3-14H,1-2H3,(H,24,26)(H,27,28). The molecule has 0 aliphatic carbocycles. The molecule has 2 aromatic heterocycles. The van der Waals surface area contributed by atoms with E-state index in [1.807, 2.05) is 68.4 Å². The number of para-hydroxylation sites is 1. The molecule has 0 saturated carbocycles. The predicted octanol–water partition coefficient (Wildman–Crippen LogP) is 5.24. The number of nitrogens with zero attached hydrogens (tertiary/aromatic N) is 2. The highest BCUT2D eigenvalue weighted by Crippen LogP contribution is 2.25. The third-order valence-corrected chi connectivity index (χ3v) is 4.53. The van der Waals surface area contributed by atoms with Gasteiger partial charge in [0.25, 0.3) is 5.91 Å². The van der Waals surface area contributed by atoms with E-state index in [2.05, 4.69) is 20.6 Å². The number of benzene rings is 2. The first-order chi connectivity index (χ1) is 13.6. The number of fused-ring (bicyclic) bond motifs is 1. The largest absolute Gasteiger partial charge is 0.354 e. The average molecular weight is 368 g/mol. The van der Waals surface area contributed by atoms with Gasteiger partial charge in [-0.05, 0) is 49.7 Å². The van der Waals surface area contributed by atoms with E-state index in [1.165, 1.54) is 0 Å². The lowest BCUT2D eigenvalue weighted by Gasteiger charge is -2.11. The second-order valence-corrected chi connectivity index (χ2v) is 6.71. The maximum atomic E-state index is 12.7. The monoisotopic (exact) mass is 368 g/mol. The fourth-order valence-electron chi connectivity index (χ4n) is 3.13. The predicted molar refractivity (Wildman–Crippen MR) is 113 cm³/mol. The van der Waals surface area contributed by atoms with E-state index in [-0.39, 0.29) is 5.91 Å². The highest BCUT2D eigenvalue weighted by atomic mass is 16.1. The number of anilines is 3. The Balaban J connectivity index is 1.58. The molecule has 0 unspecified atom stereocenters. The van der Waals surface area contributed by atoms with E-state index >= 15 is 0 Å². The summed E-state index contributed by atoms with van der Waals surface area (Å²) in [6.45, 7) is 4.00. The maximum absolute atomic E-state index is 12.7. The van der Waals surface area contributed by atoms with Gasteiger partial charge in [0.2, 0.25) is 0 Å². The van der Waals surface area contributed by atoms with Gasteiger partial charge in [-0.3, -0.25) is 14.8 Å². The number of amides is 1. The summed E-state index contributed by atoms with van der Waals surface area (Å²) in [6, 6.07) is 19.4. The van der Waals surface area contributed by atoms with E-state index in [4.69, 9.17) is 0 Å². The Bertz CT molecular complexity index is 1160. The topological polar surface area (TPSA) is 66.9 Å². The fourth-order valence-corrected chi connectivity index (χ4v) is 3.13. The minimum atomic E-state index is -0.244. The molecular weight excluding hydrogens is 348 g/mol. The molecule has 0 saturated heterocycles. The summed E-state index contributed by atoms with van der Waals surface area (Å²) in [7, 11) is 0. The van der Waals surface area contributed by atoms with Gasteiger partial charge in [-0.25, -0.2) is 0 Å². The van der Waals surface area contributed by atoms with Crippen LogP contribution in [0.4, 0.5) is 17.1 Å². The summed E-state index contributed by atoms with van der Waals surface area (Å²) in [6.07, 6.45) is 3.39. The van der Waals surface area contributed by atoms with Crippen molar-refractivity contribution in [1.29, 1.82) is 0 Å². The lowest BCUT2D eigenvalue weighted by atomic mass is 10.1. The Kier molecular flexibility index (Phi) is 4.72. The van der Waals surface area contributed by atoms with Crippen molar-refractivity contribution in [2.24, 2.45) is 0 Å². The van der Waals surface area contributed by atoms with Crippen LogP contribution in [0, 0.1) is 13.8 Å². The number of carbonyl (C=O) groups is 1. The Labute approximate surface area is 163 Å². The smallest absolute Gasteiger partial charge is 0.274 e. The summed E-state index contributed by atoms with van der Waals surface area (Å²) >= 11 is 0. The number of aryl methyl sites for hydroxylation is 2. The molecule has 0 spiro atoms. The number of hydrogen-bond acceptors (Lipinski definition) is 4. The highest BCUT2D eigenvalue weighted by molar-refractivity contribution is 6.04. The van der Waals surface area contributed by atoms with Crippen LogP contribution in [0.2, 0.25) is 0 Å². The van der Waals surface area contributed by atoms with Crippen LogP contribution in [0.25, 0.3) is 10.9 Å². The fraction of sp³-hybridized carbons (Fsp3) is 0.0870.